The zero-order valence-electron chi connectivity index (χ0n) is 24.4. The number of carboxylic acid groups (broad SMARTS) is 1. The van der Waals surface area contributed by atoms with E-state index in [-0.39, 0.29) is 16.9 Å². The summed E-state index contributed by atoms with van der Waals surface area (Å²) < 4.78 is 11.1. The topological polar surface area (TPSA) is 106 Å². The van der Waals surface area contributed by atoms with Crippen molar-refractivity contribution in [2.24, 2.45) is 0 Å². The molecule has 0 fully saturated rings. The maximum Gasteiger partial charge on any atom is 0.336 e. The molecule has 7 nitrogen and oxygen atoms in total. The van der Waals surface area contributed by atoms with Crippen LogP contribution in [0.2, 0.25) is 0 Å². The number of esters is 1. The lowest BCUT2D eigenvalue weighted by molar-refractivity contribution is -0.142. The molecule has 1 aromatic heterocycles. The molecule has 1 unspecified atom stereocenters. The van der Waals surface area contributed by atoms with Gasteiger partial charge in [-0.15, -0.1) is 0 Å². The molecule has 0 radical (unpaired) electrons. The first-order valence-electron chi connectivity index (χ1n) is 14.3. The van der Waals surface area contributed by atoms with Crippen LogP contribution in [-0.2, 0) is 15.3 Å². The lowest BCUT2D eigenvalue weighted by atomic mass is 9.98. The van der Waals surface area contributed by atoms with Crippen molar-refractivity contribution in [1.82, 2.24) is 5.32 Å². The monoisotopic (exact) mass is 615 g/mol. The van der Waals surface area contributed by atoms with Gasteiger partial charge < -0.3 is 19.6 Å². The first-order valence-corrected chi connectivity index (χ1v) is 15.5. The fourth-order valence-electron chi connectivity index (χ4n) is 5.32. The van der Waals surface area contributed by atoms with Crippen molar-refractivity contribution in [2.45, 2.75) is 11.8 Å². The minimum Gasteiger partial charge on any atom is -0.478 e. The average Bonchev–Trinajstić information content (AvgIpc) is 3.47. The van der Waals surface area contributed by atoms with E-state index in [0.717, 1.165) is 49.8 Å². The van der Waals surface area contributed by atoms with E-state index in [2.05, 4.69) is 66.0 Å². The Morgan fingerprint density at radius 3 is 2.09 bits per heavy atom. The molecule has 0 saturated heterocycles. The smallest absolute Gasteiger partial charge is 0.336 e. The van der Waals surface area contributed by atoms with Gasteiger partial charge >= 0.3 is 11.9 Å². The molecule has 8 heteroatoms. The molecule has 0 spiro atoms. The minimum absolute atomic E-state index is 0.0147. The third-order valence-corrected chi connectivity index (χ3v) is 8.74. The molecular weight excluding hydrogens is 586 g/mol. The van der Waals surface area contributed by atoms with Crippen LogP contribution in [0.15, 0.2) is 120 Å². The number of furan rings is 1. The van der Waals surface area contributed by atoms with Crippen molar-refractivity contribution in [2.75, 3.05) is 12.9 Å². The van der Waals surface area contributed by atoms with Gasteiger partial charge in [0.1, 0.15) is 17.2 Å². The molecule has 0 aliphatic heterocycles. The number of carbonyl (C=O) groups is 3. The van der Waals surface area contributed by atoms with E-state index in [1.807, 2.05) is 30.3 Å². The SMILES string of the molecule is COC(=O)C(CSCc1ccc(-c2ccc(-c3cccc4c3oc3ccccc34)cc2)cc1)NC(=O)c1ccccc1C(=O)O. The summed E-state index contributed by atoms with van der Waals surface area (Å²) >= 11 is 1.47. The van der Waals surface area contributed by atoms with Crippen molar-refractivity contribution in [1.29, 1.82) is 0 Å². The van der Waals surface area contributed by atoms with Crippen molar-refractivity contribution >= 4 is 51.5 Å². The van der Waals surface area contributed by atoms with Gasteiger partial charge in [0.25, 0.3) is 5.91 Å². The number of rotatable bonds is 10. The van der Waals surface area contributed by atoms with E-state index in [0.29, 0.717) is 5.75 Å². The molecule has 0 bridgehead atoms. The Labute approximate surface area is 263 Å². The van der Waals surface area contributed by atoms with E-state index in [1.165, 1.54) is 31.0 Å². The number of hydrogen-bond donors (Lipinski definition) is 2. The first-order chi connectivity index (χ1) is 21.9. The highest BCUT2D eigenvalue weighted by atomic mass is 32.2. The maximum absolute atomic E-state index is 12.8. The second-order valence-corrected chi connectivity index (χ2v) is 11.5. The summed E-state index contributed by atoms with van der Waals surface area (Å²) in [4.78, 5) is 36.7. The number of carbonyl (C=O) groups excluding carboxylic acids is 2. The number of aromatic carboxylic acids is 1. The van der Waals surface area contributed by atoms with Gasteiger partial charge in [-0.2, -0.15) is 11.8 Å². The third-order valence-electron chi connectivity index (χ3n) is 7.63. The molecule has 224 valence electrons. The van der Waals surface area contributed by atoms with E-state index < -0.39 is 23.9 Å². The predicted octanol–water partition coefficient (Wildman–Crippen LogP) is 7.82. The summed E-state index contributed by atoms with van der Waals surface area (Å²) in [6.07, 6.45) is 0. The maximum atomic E-state index is 12.8. The second-order valence-electron chi connectivity index (χ2n) is 10.5. The van der Waals surface area contributed by atoms with Crippen LogP contribution in [0.5, 0.6) is 0 Å². The van der Waals surface area contributed by atoms with Gasteiger partial charge in [-0.05, 0) is 40.5 Å². The third kappa shape index (κ3) is 6.32. The summed E-state index contributed by atoms with van der Waals surface area (Å²) in [6, 6.07) is 35.9. The molecule has 1 amide bonds. The molecule has 2 N–H and O–H groups in total. The zero-order chi connectivity index (χ0) is 31.3. The van der Waals surface area contributed by atoms with Crippen LogP contribution in [0, 0.1) is 0 Å². The lowest BCUT2D eigenvalue weighted by Gasteiger charge is -2.17. The number of hydrogen-bond acceptors (Lipinski definition) is 6. The van der Waals surface area contributed by atoms with Crippen molar-refractivity contribution in [3.05, 3.63) is 132 Å². The molecule has 0 saturated carbocycles. The Hall–Kier alpha value is -5.34. The Balaban J connectivity index is 1.10. The molecular formula is C37H29NO6S. The van der Waals surface area contributed by atoms with Gasteiger partial charge in [-0.3, -0.25) is 4.79 Å². The largest absolute Gasteiger partial charge is 0.478 e. The Bertz CT molecular complexity index is 2010. The average molecular weight is 616 g/mol. The minimum atomic E-state index is -1.22. The van der Waals surface area contributed by atoms with Crippen LogP contribution in [0.4, 0.5) is 0 Å². The van der Waals surface area contributed by atoms with Crippen molar-refractivity contribution < 1.29 is 28.6 Å². The fourth-order valence-corrected chi connectivity index (χ4v) is 6.32. The molecule has 1 atom stereocenters. The van der Waals surface area contributed by atoms with Crippen molar-refractivity contribution in [3.63, 3.8) is 0 Å². The number of ether oxygens (including phenoxy) is 1. The highest BCUT2D eigenvalue weighted by molar-refractivity contribution is 7.98. The second kappa shape index (κ2) is 13.1. The summed E-state index contributed by atoms with van der Waals surface area (Å²) in [6.45, 7) is 0. The summed E-state index contributed by atoms with van der Waals surface area (Å²) in [5, 5.41) is 14.2. The molecule has 0 aliphatic carbocycles. The molecule has 5 aromatic carbocycles. The van der Waals surface area contributed by atoms with Crippen molar-refractivity contribution in [3.8, 4) is 22.3 Å². The van der Waals surface area contributed by atoms with Gasteiger partial charge in [0.2, 0.25) is 0 Å². The van der Waals surface area contributed by atoms with E-state index in [1.54, 1.807) is 12.1 Å². The number of thioether (sulfide) groups is 1. The van der Waals surface area contributed by atoms with Gasteiger partial charge in [0.15, 0.2) is 0 Å². The standard InChI is InChI=1S/C37H29NO6S/c1-43-37(42)32(38-35(39)30-8-2-3-9-31(30)36(40)41)22-45-21-23-13-15-24(16-14-23)25-17-19-26(20-18-25)27-10-6-11-29-28-7-4-5-12-33(28)44-34(27)29/h2-20,32H,21-22H2,1H3,(H,38,39)(H,40,41). The van der Waals surface area contributed by atoms with Crippen LogP contribution < -0.4 is 5.32 Å². The fraction of sp³-hybridized carbons (Fsp3) is 0.108. The van der Waals surface area contributed by atoms with Crippen LogP contribution in [0.1, 0.15) is 26.3 Å². The quantitative estimate of drug-likeness (QED) is 0.151. The Morgan fingerprint density at radius 2 is 1.38 bits per heavy atom. The molecule has 1 heterocycles. The first kappa shape index (κ1) is 29.7. The number of nitrogens with one attached hydrogen (secondary N) is 1. The highest BCUT2D eigenvalue weighted by Crippen LogP contribution is 2.36. The van der Waals surface area contributed by atoms with Crippen LogP contribution >= 0.6 is 11.8 Å². The van der Waals surface area contributed by atoms with E-state index in [4.69, 9.17) is 9.15 Å². The number of benzene rings is 5. The van der Waals surface area contributed by atoms with Gasteiger partial charge in [-0.25, -0.2) is 9.59 Å². The van der Waals surface area contributed by atoms with Gasteiger partial charge in [-0.1, -0.05) is 97.1 Å². The number of carboxylic acids is 1. The van der Waals surface area contributed by atoms with E-state index >= 15 is 0 Å². The molecule has 0 aliphatic rings. The van der Waals surface area contributed by atoms with Gasteiger partial charge in [0.05, 0.1) is 18.2 Å². The number of methoxy groups -OCH3 is 1. The van der Waals surface area contributed by atoms with Crippen LogP contribution in [0.25, 0.3) is 44.2 Å². The van der Waals surface area contributed by atoms with Crippen LogP contribution in [0.3, 0.4) is 0 Å². The molecule has 45 heavy (non-hydrogen) atoms. The predicted molar refractivity (Wildman–Crippen MR) is 177 cm³/mol. The number of para-hydroxylation sites is 2. The molecule has 6 aromatic rings. The summed E-state index contributed by atoms with van der Waals surface area (Å²) in [5.41, 5.74) is 6.96. The number of amides is 1. The Kier molecular flexibility index (Phi) is 8.66. The summed E-state index contributed by atoms with van der Waals surface area (Å²) in [5.74, 6) is -1.60. The van der Waals surface area contributed by atoms with Crippen LogP contribution in [-0.4, -0.2) is 41.9 Å². The van der Waals surface area contributed by atoms with E-state index in [9.17, 15) is 19.5 Å². The molecule has 6 rings (SSSR count). The summed E-state index contributed by atoms with van der Waals surface area (Å²) in [7, 11) is 1.25. The Morgan fingerprint density at radius 1 is 0.756 bits per heavy atom. The normalized spacial score (nSPS) is 11.8. The zero-order valence-corrected chi connectivity index (χ0v) is 25.2. The lowest BCUT2D eigenvalue weighted by Crippen LogP contribution is -2.43. The number of fused-ring (bicyclic) bond motifs is 3. The highest BCUT2D eigenvalue weighted by Gasteiger charge is 2.24. The van der Waals surface area contributed by atoms with Gasteiger partial charge in [0, 0.05) is 27.8 Å².